The molecule has 0 aromatic heterocycles. The maximum absolute atomic E-state index is 12.8. The molecule has 0 radical (unpaired) electrons. The second-order valence-corrected chi connectivity index (χ2v) is 4.85. The smallest absolute Gasteiger partial charge is 0.226 e. The molecule has 0 heterocycles. The summed E-state index contributed by atoms with van der Waals surface area (Å²) in [5, 5.41) is 5.98. The van der Waals surface area contributed by atoms with Gasteiger partial charge in [-0.05, 0) is 48.5 Å². The van der Waals surface area contributed by atoms with Crippen LogP contribution in [-0.4, -0.2) is 5.91 Å². The van der Waals surface area contributed by atoms with Gasteiger partial charge in [0.15, 0.2) is 0 Å². The highest BCUT2D eigenvalue weighted by molar-refractivity contribution is 5.92. The molecule has 104 valence electrons. The van der Waals surface area contributed by atoms with Gasteiger partial charge in [0.1, 0.15) is 5.82 Å². The molecule has 2 rings (SSSR count). The Kier molecular flexibility index (Phi) is 4.35. The van der Waals surface area contributed by atoms with Crippen molar-refractivity contribution >= 4 is 23.0 Å². The van der Waals surface area contributed by atoms with Crippen LogP contribution >= 0.6 is 0 Å². The molecule has 0 saturated carbocycles. The van der Waals surface area contributed by atoms with E-state index in [0.717, 1.165) is 17.1 Å². The Bertz CT molecular complexity index is 576. The van der Waals surface area contributed by atoms with E-state index >= 15 is 0 Å². The normalized spacial score (nSPS) is 10.4. The highest BCUT2D eigenvalue weighted by atomic mass is 19.1. The van der Waals surface area contributed by atoms with Crippen LogP contribution in [-0.2, 0) is 4.79 Å². The molecule has 0 unspecified atom stereocenters. The minimum atomic E-state index is -0.262. The summed E-state index contributed by atoms with van der Waals surface area (Å²) < 4.78 is 12.8. The largest absolute Gasteiger partial charge is 0.356 e. The van der Waals surface area contributed by atoms with Gasteiger partial charge in [0.05, 0.1) is 0 Å². The second kappa shape index (κ2) is 6.19. The van der Waals surface area contributed by atoms with Crippen molar-refractivity contribution in [3.63, 3.8) is 0 Å². The molecule has 4 heteroatoms. The molecule has 0 bridgehead atoms. The highest BCUT2D eigenvalue weighted by Gasteiger charge is 2.06. The molecule has 1 amide bonds. The molecule has 0 aliphatic rings. The average molecular weight is 272 g/mol. The van der Waals surface area contributed by atoms with Crippen LogP contribution in [0.4, 0.5) is 21.5 Å². The summed E-state index contributed by atoms with van der Waals surface area (Å²) in [5.74, 6) is -0.321. The van der Waals surface area contributed by atoms with Crippen LogP contribution in [0, 0.1) is 11.7 Å². The predicted molar refractivity (Wildman–Crippen MR) is 79.6 cm³/mol. The van der Waals surface area contributed by atoms with E-state index < -0.39 is 0 Å². The number of anilines is 3. The van der Waals surface area contributed by atoms with Crippen LogP contribution in [0.5, 0.6) is 0 Å². The lowest BCUT2D eigenvalue weighted by Gasteiger charge is -2.10. The molecule has 2 aromatic rings. The Morgan fingerprint density at radius 3 is 1.85 bits per heavy atom. The van der Waals surface area contributed by atoms with Crippen molar-refractivity contribution in [3.8, 4) is 0 Å². The van der Waals surface area contributed by atoms with Crippen molar-refractivity contribution in [2.75, 3.05) is 10.6 Å². The Morgan fingerprint density at radius 1 is 0.900 bits per heavy atom. The van der Waals surface area contributed by atoms with Crippen LogP contribution < -0.4 is 10.6 Å². The molecule has 0 atom stereocenters. The van der Waals surface area contributed by atoms with E-state index in [9.17, 15) is 9.18 Å². The van der Waals surface area contributed by atoms with Gasteiger partial charge in [-0.3, -0.25) is 4.79 Å². The number of carbonyl (C=O) groups excluding carboxylic acids is 1. The fourth-order valence-electron chi connectivity index (χ4n) is 1.62. The molecule has 2 aromatic carbocycles. The lowest BCUT2D eigenvalue weighted by atomic mass is 10.2. The molecule has 0 fully saturated rings. The van der Waals surface area contributed by atoms with Gasteiger partial charge < -0.3 is 10.6 Å². The van der Waals surface area contributed by atoms with Gasteiger partial charge in [-0.2, -0.15) is 0 Å². The predicted octanol–water partition coefficient (Wildman–Crippen LogP) is 4.16. The Labute approximate surface area is 117 Å². The molecule has 0 saturated heterocycles. The topological polar surface area (TPSA) is 41.1 Å². The summed E-state index contributed by atoms with van der Waals surface area (Å²) in [5.41, 5.74) is 2.44. The summed E-state index contributed by atoms with van der Waals surface area (Å²) in [6.07, 6.45) is 0. The third kappa shape index (κ3) is 3.82. The second-order valence-electron chi connectivity index (χ2n) is 4.85. The fourth-order valence-corrected chi connectivity index (χ4v) is 1.62. The molecule has 2 N–H and O–H groups in total. The first-order chi connectivity index (χ1) is 9.54. The number of hydrogen-bond acceptors (Lipinski definition) is 2. The van der Waals surface area contributed by atoms with Crippen LogP contribution in [0.1, 0.15) is 13.8 Å². The third-order valence-corrected chi connectivity index (χ3v) is 2.81. The fraction of sp³-hybridized carbons (Fsp3) is 0.188. The van der Waals surface area contributed by atoms with Gasteiger partial charge in [-0.25, -0.2) is 4.39 Å². The number of amides is 1. The van der Waals surface area contributed by atoms with Crippen molar-refractivity contribution < 1.29 is 9.18 Å². The van der Waals surface area contributed by atoms with E-state index in [-0.39, 0.29) is 17.6 Å². The van der Waals surface area contributed by atoms with Crippen LogP contribution in [0.2, 0.25) is 0 Å². The molecule has 20 heavy (non-hydrogen) atoms. The Hall–Kier alpha value is -2.36. The van der Waals surface area contributed by atoms with E-state index in [1.807, 2.05) is 38.1 Å². The number of halogens is 1. The molecule has 3 nitrogen and oxygen atoms in total. The number of hydrogen-bond donors (Lipinski definition) is 2. The van der Waals surface area contributed by atoms with E-state index in [0.29, 0.717) is 0 Å². The van der Waals surface area contributed by atoms with Crippen LogP contribution in [0.3, 0.4) is 0 Å². The van der Waals surface area contributed by atoms with E-state index in [2.05, 4.69) is 10.6 Å². The zero-order valence-electron chi connectivity index (χ0n) is 11.5. The molecule has 0 spiro atoms. The van der Waals surface area contributed by atoms with Crippen LogP contribution in [0.15, 0.2) is 48.5 Å². The first-order valence-electron chi connectivity index (χ1n) is 6.48. The van der Waals surface area contributed by atoms with Gasteiger partial charge in [-0.15, -0.1) is 0 Å². The summed E-state index contributed by atoms with van der Waals surface area (Å²) in [7, 11) is 0. The average Bonchev–Trinajstić information content (AvgIpc) is 2.43. The quantitative estimate of drug-likeness (QED) is 0.877. The minimum Gasteiger partial charge on any atom is -0.356 e. The zero-order valence-corrected chi connectivity index (χ0v) is 11.5. The van der Waals surface area contributed by atoms with Crippen molar-refractivity contribution in [1.82, 2.24) is 0 Å². The van der Waals surface area contributed by atoms with Crippen molar-refractivity contribution in [2.45, 2.75) is 13.8 Å². The van der Waals surface area contributed by atoms with Gasteiger partial charge in [0.2, 0.25) is 5.91 Å². The molecular weight excluding hydrogens is 255 g/mol. The molecular formula is C16H17FN2O. The number of rotatable bonds is 4. The standard InChI is InChI=1S/C16H17FN2O/c1-11(2)16(20)19-15-9-7-14(8-10-15)18-13-5-3-12(17)4-6-13/h3-11,18H,1-2H3,(H,19,20). The Morgan fingerprint density at radius 2 is 1.35 bits per heavy atom. The van der Waals surface area contributed by atoms with E-state index in [1.165, 1.54) is 12.1 Å². The third-order valence-electron chi connectivity index (χ3n) is 2.81. The van der Waals surface area contributed by atoms with Gasteiger partial charge >= 0.3 is 0 Å². The van der Waals surface area contributed by atoms with Crippen molar-refractivity contribution in [3.05, 3.63) is 54.3 Å². The Balaban J connectivity index is 2.01. The maximum atomic E-state index is 12.8. The lowest BCUT2D eigenvalue weighted by Crippen LogP contribution is -2.17. The van der Waals surface area contributed by atoms with Crippen LogP contribution in [0.25, 0.3) is 0 Å². The highest BCUT2D eigenvalue weighted by Crippen LogP contribution is 2.19. The monoisotopic (exact) mass is 272 g/mol. The summed E-state index contributed by atoms with van der Waals surface area (Å²) in [4.78, 5) is 11.6. The van der Waals surface area contributed by atoms with Crippen molar-refractivity contribution in [2.24, 2.45) is 5.92 Å². The summed E-state index contributed by atoms with van der Waals surface area (Å²) in [6, 6.07) is 13.5. The SMILES string of the molecule is CC(C)C(=O)Nc1ccc(Nc2ccc(F)cc2)cc1. The van der Waals surface area contributed by atoms with Gasteiger partial charge in [-0.1, -0.05) is 13.8 Å². The van der Waals surface area contributed by atoms with E-state index in [4.69, 9.17) is 0 Å². The van der Waals surface area contributed by atoms with E-state index in [1.54, 1.807) is 12.1 Å². The first kappa shape index (κ1) is 14.1. The molecule has 0 aliphatic carbocycles. The summed E-state index contributed by atoms with van der Waals surface area (Å²) >= 11 is 0. The van der Waals surface area contributed by atoms with Crippen molar-refractivity contribution in [1.29, 1.82) is 0 Å². The maximum Gasteiger partial charge on any atom is 0.226 e. The number of nitrogens with one attached hydrogen (secondary N) is 2. The zero-order chi connectivity index (χ0) is 14.5. The lowest BCUT2D eigenvalue weighted by molar-refractivity contribution is -0.118. The van der Waals surface area contributed by atoms with Gasteiger partial charge in [0, 0.05) is 23.0 Å². The number of carbonyl (C=O) groups is 1. The number of benzene rings is 2. The first-order valence-corrected chi connectivity index (χ1v) is 6.48. The van der Waals surface area contributed by atoms with Gasteiger partial charge in [0.25, 0.3) is 0 Å². The summed E-state index contributed by atoms with van der Waals surface area (Å²) in [6.45, 7) is 3.69. The minimum absolute atomic E-state index is 0.00996. The molecule has 0 aliphatic heterocycles.